The molecule has 0 aromatic carbocycles. The van der Waals surface area contributed by atoms with Gasteiger partial charge in [-0.1, -0.05) is 6.07 Å². The molecule has 0 spiro atoms. The molecule has 1 N–H and O–H groups in total. The Morgan fingerprint density at radius 1 is 1.65 bits per heavy atom. The fraction of sp³-hybridized carbons (Fsp3) is 0.583. The molecule has 0 aliphatic carbocycles. The molecule has 94 valence electrons. The Bertz CT molecular complexity index is 347. The van der Waals surface area contributed by atoms with Crippen LogP contribution in [0.3, 0.4) is 0 Å². The van der Waals surface area contributed by atoms with Crippen LogP contribution in [0.5, 0.6) is 0 Å². The Hall–Kier alpha value is -0.520. The van der Waals surface area contributed by atoms with Gasteiger partial charge in [-0.25, -0.2) is 0 Å². The van der Waals surface area contributed by atoms with E-state index in [-0.39, 0.29) is 5.91 Å². The van der Waals surface area contributed by atoms with Crippen LogP contribution in [-0.4, -0.2) is 41.9 Å². The van der Waals surface area contributed by atoms with Gasteiger partial charge in [0.1, 0.15) is 0 Å². The summed E-state index contributed by atoms with van der Waals surface area (Å²) in [5, 5.41) is 5.45. The van der Waals surface area contributed by atoms with E-state index >= 15 is 0 Å². The van der Waals surface area contributed by atoms with Gasteiger partial charge in [0.25, 0.3) is 0 Å². The maximum Gasteiger partial charge on any atom is 0.224 e. The lowest BCUT2D eigenvalue weighted by atomic mass is 10.2. The van der Waals surface area contributed by atoms with Crippen molar-refractivity contribution in [3.8, 4) is 0 Å². The Morgan fingerprint density at radius 3 is 3.18 bits per heavy atom. The van der Waals surface area contributed by atoms with Crippen molar-refractivity contribution in [2.75, 3.05) is 25.1 Å². The first-order chi connectivity index (χ1) is 8.25. The van der Waals surface area contributed by atoms with Gasteiger partial charge in [0.05, 0.1) is 6.54 Å². The fourth-order valence-corrected chi connectivity index (χ4v) is 3.55. The minimum atomic E-state index is 0.235. The molecule has 0 radical (unpaired) electrons. The molecule has 2 rings (SSSR count). The molecule has 1 saturated heterocycles. The SMILES string of the molecule is CN(Cc1cccs1)C(=O)CC1CSCCN1. The van der Waals surface area contributed by atoms with E-state index in [0.717, 1.165) is 24.6 Å². The number of rotatable bonds is 4. The van der Waals surface area contributed by atoms with E-state index in [2.05, 4.69) is 11.4 Å². The second-order valence-electron chi connectivity index (χ2n) is 4.26. The van der Waals surface area contributed by atoms with Gasteiger partial charge in [0.15, 0.2) is 0 Å². The summed E-state index contributed by atoms with van der Waals surface area (Å²) in [4.78, 5) is 15.1. The molecule has 5 heteroatoms. The van der Waals surface area contributed by atoms with E-state index in [1.807, 2.05) is 35.2 Å². The van der Waals surface area contributed by atoms with E-state index < -0.39 is 0 Å². The number of amides is 1. The van der Waals surface area contributed by atoms with Crippen LogP contribution in [0.1, 0.15) is 11.3 Å². The first-order valence-electron chi connectivity index (χ1n) is 5.83. The first kappa shape index (κ1) is 12.9. The molecule has 2 heterocycles. The Labute approximate surface area is 111 Å². The maximum atomic E-state index is 12.0. The monoisotopic (exact) mass is 270 g/mol. The minimum absolute atomic E-state index is 0.235. The quantitative estimate of drug-likeness (QED) is 0.905. The van der Waals surface area contributed by atoms with Crippen LogP contribution in [0.15, 0.2) is 17.5 Å². The van der Waals surface area contributed by atoms with Crippen molar-refractivity contribution in [1.29, 1.82) is 0 Å². The van der Waals surface area contributed by atoms with Crippen LogP contribution in [0, 0.1) is 0 Å². The second kappa shape index (κ2) is 6.42. The lowest BCUT2D eigenvalue weighted by Crippen LogP contribution is -2.41. The van der Waals surface area contributed by atoms with Crippen molar-refractivity contribution in [3.05, 3.63) is 22.4 Å². The fourth-order valence-electron chi connectivity index (χ4n) is 1.84. The number of hydrogen-bond donors (Lipinski definition) is 1. The molecule has 0 saturated carbocycles. The highest BCUT2D eigenvalue weighted by molar-refractivity contribution is 7.99. The smallest absolute Gasteiger partial charge is 0.224 e. The molecular weight excluding hydrogens is 252 g/mol. The Kier molecular flexibility index (Phi) is 4.88. The van der Waals surface area contributed by atoms with Gasteiger partial charge >= 0.3 is 0 Å². The topological polar surface area (TPSA) is 32.3 Å². The Balaban J connectivity index is 1.78. The van der Waals surface area contributed by atoms with E-state index in [1.165, 1.54) is 4.88 Å². The van der Waals surface area contributed by atoms with Crippen LogP contribution in [0.25, 0.3) is 0 Å². The van der Waals surface area contributed by atoms with Crippen LogP contribution in [-0.2, 0) is 11.3 Å². The summed E-state index contributed by atoms with van der Waals surface area (Å²) < 4.78 is 0. The summed E-state index contributed by atoms with van der Waals surface area (Å²) in [5.41, 5.74) is 0. The van der Waals surface area contributed by atoms with Crippen molar-refractivity contribution < 1.29 is 4.79 Å². The van der Waals surface area contributed by atoms with Crippen molar-refractivity contribution >= 4 is 29.0 Å². The molecule has 1 aliphatic heterocycles. The van der Waals surface area contributed by atoms with Crippen LogP contribution in [0.4, 0.5) is 0 Å². The molecule has 1 fully saturated rings. The molecule has 1 amide bonds. The highest BCUT2D eigenvalue weighted by atomic mass is 32.2. The van der Waals surface area contributed by atoms with Gasteiger partial charge < -0.3 is 10.2 Å². The molecule has 1 aliphatic rings. The third-order valence-electron chi connectivity index (χ3n) is 2.82. The number of nitrogens with one attached hydrogen (secondary N) is 1. The summed E-state index contributed by atoms with van der Waals surface area (Å²) >= 11 is 3.63. The molecule has 17 heavy (non-hydrogen) atoms. The van der Waals surface area contributed by atoms with Gasteiger partial charge in [0.2, 0.25) is 5.91 Å². The van der Waals surface area contributed by atoms with Crippen LogP contribution < -0.4 is 5.32 Å². The van der Waals surface area contributed by atoms with Gasteiger partial charge in [-0.05, 0) is 11.4 Å². The number of carbonyl (C=O) groups excluding carboxylic acids is 1. The third kappa shape index (κ3) is 4.01. The highest BCUT2D eigenvalue weighted by Crippen LogP contribution is 2.14. The Morgan fingerprint density at radius 2 is 2.53 bits per heavy atom. The average molecular weight is 270 g/mol. The maximum absolute atomic E-state index is 12.0. The molecule has 1 atom stereocenters. The summed E-state index contributed by atoms with van der Waals surface area (Å²) in [6, 6.07) is 4.45. The summed E-state index contributed by atoms with van der Waals surface area (Å²) in [5.74, 6) is 2.45. The molecule has 0 bridgehead atoms. The zero-order chi connectivity index (χ0) is 12.1. The zero-order valence-corrected chi connectivity index (χ0v) is 11.6. The number of carbonyl (C=O) groups is 1. The van der Waals surface area contributed by atoms with Gasteiger partial charge in [-0.15, -0.1) is 11.3 Å². The largest absolute Gasteiger partial charge is 0.341 e. The average Bonchev–Trinajstić information content (AvgIpc) is 2.83. The molecule has 3 nitrogen and oxygen atoms in total. The van der Waals surface area contributed by atoms with Crippen molar-refractivity contribution in [3.63, 3.8) is 0 Å². The van der Waals surface area contributed by atoms with Crippen molar-refractivity contribution in [2.45, 2.75) is 19.0 Å². The zero-order valence-electron chi connectivity index (χ0n) is 10.0. The van der Waals surface area contributed by atoms with E-state index in [9.17, 15) is 4.79 Å². The predicted molar refractivity (Wildman–Crippen MR) is 74.5 cm³/mol. The number of hydrogen-bond acceptors (Lipinski definition) is 4. The number of nitrogens with zero attached hydrogens (tertiary/aromatic N) is 1. The van der Waals surface area contributed by atoms with E-state index in [1.54, 1.807) is 11.3 Å². The third-order valence-corrected chi connectivity index (χ3v) is 4.81. The van der Waals surface area contributed by atoms with Crippen LogP contribution in [0.2, 0.25) is 0 Å². The van der Waals surface area contributed by atoms with Gasteiger partial charge in [-0.2, -0.15) is 11.8 Å². The normalized spacial score (nSPS) is 20.2. The van der Waals surface area contributed by atoms with Crippen molar-refractivity contribution in [1.82, 2.24) is 10.2 Å². The summed E-state index contributed by atoms with van der Waals surface area (Å²) in [7, 11) is 1.89. The van der Waals surface area contributed by atoms with E-state index in [4.69, 9.17) is 0 Å². The lowest BCUT2D eigenvalue weighted by Gasteiger charge is -2.25. The molecule has 1 aromatic rings. The van der Waals surface area contributed by atoms with Gasteiger partial charge in [-0.3, -0.25) is 4.79 Å². The number of thiophene rings is 1. The number of thioether (sulfide) groups is 1. The molecule has 1 aromatic heterocycles. The first-order valence-corrected chi connectivity index (χ1v) is 7.86. The van der Waals surface area contributed by atoms with Crippen LogP contribution >= 0.6 is 23.1 Å². The van der Waals surface area contributed by atoms with Gasteiger partial charge in [0, 0.05) is 42.4 Å². The van der Waals surface area contributed by atoms with E-state index in [0.29, 0.717) is 12.5 Å². The minimum Gasteiger partial charge on any atom is -0.341 e. The van der Waals surface area contributed by atoms with Crippen molar-refractivity contribution in [2.24, 2.45) is 0 Å². The second-order valence-corrected chi connectivity index (χ2v) is 6.44. The molecule has 1 unspecified atom stereocenters. The lowest BCUT2D eigenvalue weighted by molar-refractivity contribution is -0.130. The molecular formula is C12H18N2OS2. The predicted octanol–water partition coefficient (Wildman–Crippen LogP) is 1.80. The summed E-state index contributed by atoms with van der Waals surface area (Å²) in [6.07, 6.45) is 0.620. The highest BCUT2D eigenvalue weighted by Gasteiger charge is 2.19. The standard InChI is InChI=1S/C12H18N2OS2/c1-14(8-11-3-2-5-17-11)12(15)7-10-9-16-6-4-13-10/h2-3,5,10,13H,4,6-9H2,1H3. The summed E-state index contributed by atoms with van der Waals surface area (Å²) in [6.45, 7) is 1.76.